The van der Waals surface area contributed by atoms with E-state index in [2.05, 4.69) is 145 Å². The highest BCUT2D eigenvalue weighted by Gasteiger charge is 2.15. The number of rotatable bonds is 15. The molecule has 0 unspecified atom stereocenters. The van der Waals surface area contributed by atoms with E-state index in [-0.39, 0.29) is 0 Å². The summed E-state index contributed by atoms with van der Waals surface area (Å²) in [5, 5.41) is 0. The van der Waals surface area contributed by atoms with E-state index in [0.29, 0.717) is 0 Å². The van der Waals surface area contributed by atoms with E-state index in [0.717, 1.165) is 58.5 Å². The molecule has 0 saturated carbocycles. The molecule has 0 aliphatic carbocycles. The van der Waals surface area contributed by atoms with Crippen LogP contribution in [0.2, 0.25) is 0 Å². The highest BCUT2D eigenvalue weighted by molar-refractivity contribution is 5.81. The quantitative estimate of drug-likeness (QED) is 0.109. The molecule has 50 heavy (non-hydrogen) atoms. The maximum absolute atomic E-state index is 5.45. The van der Waals surface area contributed by atoms with Crippen LogP contribution in [0.1, 0.15) is 50.7 Å². The molecule has 4 nitrogen and oxygen atoms in total. The summed E-state index contributed by atoms with van der Waals surface area (Å²) >= 11 is 0. The van der Waals surface area contributed by atoms with Gasteiger partial charge in [-0.2, -0.15) is 0 Å². The van der Waals surface area contributed by atoms with Crippen LogP contribution in [0, 0.1) is 0 Å². The summed E-state index contributed by atoms with van der Waals surface area (Å²) in [7, 11) is 3.41. The monoisotopic (exact) mass is 660 g/mol. The summed E-state index contributed by atoms with van der Waals surface area (Å²) in [6.45, 7) is 4.48. The average Bonchev–Trinajstić information content (AvgIpc) is 3.18. The Labute approximate surface area is 298 Å². The van der Waals surface area contributed by atoms with Gasteiger partial charge >= 0.3 is 0 Å². The Morgan fingerprint density at radius 3 is 0.880 bits per heavy atom. The van der Waals surface area contributed by atoms with Gasteiger partial charge in [-0.25, -0.2) is 0 Å². The number of anilines is 6. The lowest BCUT2D eigenvalue weighted by molar-refractivity contribution is 0.414. The molecular weight excluding hydrogens is 613 g/mol. The fourth-order valence-electron chi connectivity index (χ4n) is 6.35. The molecule has 0 spiro atoms. The summed E-state index contributed by atoms with van der Waals surface area (Å²) in [6, 6.07) is 52.2. The molecule has 6 aromatic carbocycles. The molecule has 0 bridgehead atoms. The van der Waals surface area contributed by atoms with E-state index in [9.17, 15) is 0 Å². The summed E-state index contributed by atoms with van der Waals surface area (Å²) in [4.78, 5) is 4.60. The summed E-state index contributed by atoms with van der Waals surface area (Å²) in [5.74, 6) is 1.69. The Morgan fingerprint density at radius 1 is 0.360 bits per heavy atom. The number of methoxy groups -OCH3 is 2. The Balaban J connectivity index is 1.28. The number of hydrogen-bond acceptors (Lipinski definition) is 4. The van der Waals surface area contributed by atoms with Crippen LogP contribution in [-0.4, -0.2) is 14.2 Å². The van der Waals surface area contributed by atoms with Gasteiger partial charge in [0.15, 0.2) is 0 Å². The van der Waals surface area contributed by atoms with Crippen LogP contribution in [0.15, 0.2) is 146 Å². The Bertz CT molecular complexity index is 1750. The summed E-state index contributed by atoms with van der Waals surface area (Å²) in [6.07, 6.45) is 7.02. The standard InChI is InChI=1S/C46H48N2O2/c1-5-7-9-35-11-19-39(20-12-35)47(43-27-31-45(49-3)32-28-43)41-23-15-37(16-24-41)38-17-25-42(26-18-38)48(44-29-33-46(50-4)34-30-44)40-21-13-36(14-22-40)10-8-6-2/h11-34H,5-10H2,1-4H3. The minimum absolute atomic E-state index is 0.844. The molecule has 254 valence electrons. The lowest BCUT2D eigenvalue weighted by Crippen LogP contribution is -2.10. The lowest BCUT2D eigenvalue weighted by Gasteiger charge is -2.26. The molecule has 0 fully saturated rings. The van der Waals surface area contributed by atoms with Crippen molar-refractivity contribution >= 4 is 34.1 Å². The van der Waals surface area contributed by atoms with Crippen LogP contribution in [-0.2, 0) is 12.8 Å². The molecule has 0 atom stereocenters. The van der Waals surface area contributed by atoms with Crippen LogP contribution < -0.4 is 19.3 Å². The first-order valence-corrected chi connectivity index (χ1v) is 17.9. The van der Waals surface area contributed by atoms with Gasteiger partial charge in [-0.1, -0.05) is 75.2 Å². The van der Waals surface area contributed by atoms with Gasteiger partial charge in [0.05, 0.1) is 14.2 Å². The van der Waals surface area contributed by atoms with Gasteiger partial charge in [-0.05, 0) is 145 Å². The first kappa shape index (κ1) is 34.4. The molecule has 6 aromatic rings. The molecule has 0 saturated heterocycles. The fraction of sp³-hybridized carbons (Fsp3) is 0.217. The van der Waals surface area contributed by atoms with Crippen molar-refractivity contribution in [2.24, 2.45) is 0 Å². The molecular formula is C46H48N2O2. The SMILES string of the molecule is CCCCc1ccc(N(c2ccc(OC)cc2)c2ccc(-c3ccc(N(c4ccc(CCCC)cc4)c4ccc(OC)cc4)cc3)cc2)cc1. The Morgan fingerprint density at radius 2 is 0.620 bits per heavy atom. The first-order chi connectivity index (χ1) is 24.6. The number of hydrogen-bond donors (Lipinski definition) is 0. The van der Waals surface area contributed by atoms with Crippen LogP contribution in [0.3, 0.4) is 0 Å². The summed E-state index contributed by atoms with van der Waals surface area (Å²) in [5.41, 5.74) is 11.7. The molecule has 0 radical (unpaired) electrons. The maximum Gasteiger partial charge on any atom is 0.119 e. The summed E-state index contributed by atoms with van der Waals surface area (Å²) < 4.78 is 10.9. The normalized spacial score (nSPS) is 10.9. The van der Waals surface area contributed by atoms with Crippen molar-refractivity contribution in [3.63, 3.8) is 0 Å². The molecule has 0 aliphatic rings. The number of nitrogens with zero attached hydrogens (tertiary/aromatic N) is 2. The highest BCUT2D eigenvalue weighted by Crippen LogP contribution is 2.39. The zero-order chi connectivity index (χ0) is 34.7. The van der Waals surface area contributed by atoms with Gasteiger partial charge in [0.2, 0.25) is 0 Å². The van der Waals surface area contributed by atoms with Crippen LogP contribution in [0.5, 0.6) is 11.5 Å². The molecule has 0 N–H and O–H groups in total. The van der Waals surface area contributed by atoms with Crippen LogP contribution >= 0.6 is 0 Å². The average molecular weight is 661 g/mol. The number of aryl methyl sites for hydroxylation is 2. The Kier molecular flexibility index (Phi) is 11.5. The second kappa shape index (κ2) is 16.8. The molecule has 0 aromatic heterocycles. The third-order valence-electron chi connectivity index (χ3n) is 9.27. The Hall–Kier alpha value is -5.48. The molecule has 0 heterocycles. The van der Waals surface area contributed by atoms with Crippen molar-refractivity contribution in [1.29, 1.82) is 0 Å². The van der Waals surface area contributed by atoms with E-state index in [1.165, 1.54) is 47.9 Å². The second-order valence-corrected chi connectivity index (χ2v) is 12.7. The molecule has 0 aliphatic heterocycles. The fourth-order valence-corrected chi connectivity index (χ4v) is 6.35. The third kappa shape index (κ3) is 8.20. The minimum Gasteiger partial charge on any atom is -0.497 e. The van der Waals surface area contributed by atoms with Gasteiger partial charge in [0.1, 0.15) is 11.5 Å². The number of unbranched alkanes of at least 4 members (excludes halogenated alkanes) is 2. The van der Waals surface area contributed by atoms with E-state index < -0.39 is 0 Å². The smallest absolute Gasteiger partial charge is 0.119 e. The van der Waals surface area contributed by atoms with Crippen molar-refractivity contribution in [3.05, 3.63) is 157 Å². The molecule has 6 rings (SSSR count). The van der Waals surface area contributed by atoms with Crippen molar-refractivity contribution in [3.8, 4) is 22.6 Å². The highest BCUT2D eigenvalue weighted by atomic mass is 16.5. The van der Waals surface area contributed by atoms with Crippen molar-refractivity contribution < 1.29 is 9.47 Å². The van der Waals surface area contributed by atoms with Gasteiger partial charge < -0.3 is 19.3 Å². The zero-order valence-electron chi connectivity index (χ0n) is 29.8. The van der Waals surface area contributed by atoms with Crippen molar-refractivity contribution in [2.45, 2.75) is 52.4 Å². The van der Waals surface area contributed by atoms with E-state index in [1.54, 1.807) is 14.2 Å². The van der Waals surface area contributed by atoms with Gasteiger partial charge in [-0.15, -0.1) is 0 Å². The topological polar surface area (TPSA) is 24.9 Å². The maximum atomic E-state index is 5.45. The molecule has 0 amide bonds. The van der Waals surface area contributed by atoms with E-state index in [1.807, 2.05) is 24.3 Å². The van der Waals surface area contributed by atoms with Crippen molar-refractivity contribution in [2.75, 3.05) is 24.0 Å². The van der Waals surface area contributed by atoms with Gasteiger partial charge in [-0.3, -0.25) is 0 Å². The predicted octanol–water partition coefficient (Wildman–Crippen LogP) is 13.0. The predicted molar refractivity (Wildman–Crippen MR) is 212 cm³/mol. The van der Waals surface area contributed by atoms with E-state index >= 15 is 0 Å². The number of benzene rings is 6. The van der Waals surface area contributed by atoms with Crippen LogP contribution in [0.4, 0.5) is 34.1 Å². The van der Waals surface area contributed by atoms with Crippen LogP contribution in [0.25, 0.3) is 11.1 Å². The van der Waals surface area contributed by atoms with Crippen molar-refractivity contribution in [1.82, 2.24) is 0 Å². The zero-order valence-corrected chi connectivity index (χ0v) is 29.8. The second-order valence-electron chi connectivity index (χ2n) is 12.7. The largest absolute Gasteiger partial charge is 0.497 e. The minimum atomic E-state index is 0.844. The van der Waals surface area contributed by atoms with Gasteiger partial charge in [0, 0.05) is 34.1 Å². The third-order valence-corrected chi connectivity index (χ3v) is 9.27. The van der Waals surface area contributed by atoms with Gasteiger partial charge in [0.25, 0.3) is 0 Å². The van der Waals surface area contributed by atoms with E-state index in [4.69, 9.17) is 9.47 Å². The molecule has 4 heteroatoms. The number of ether oxygens (including phenoxy) is 2. The first-order valence-electron chi connectivity index (χ1n) is 17.9. The lowest BCUT2D eigenvalue weighted by atomic mass is 10.0.